The molecule has 4 rings (SSSR count). The van der Waals surface area contributed by atoms with Crippen LogP contribution in [0.25, 0.3) is 11.0 Å². The van der Waals surface area contributed by atoms with Gasteiger partial charge in [0, 0.05) is 5.69 Å². The highest BCUT2D eigenvalue weighted by atomic mass is 32.1. The van der Waals surface area contributed by atoms with Gasteiger partial charge in [0.05, 0.1) is 22.2 Å². The van der Waals surface area contributed by atoms with Crippen LogP contribution < -0.4 is 11.1 Å². The van der Waals surface area contributed by atoms with Crippen molar-refractivity contribution in [1.82, 2.24) is 15.0 Å². The molecule has 1 aromatic carbocycles. The van der Waals surface area contributed by atoms with E-state index < -0.39 is 0 Å². The lowest BCUT2D eigenvalue weighted by Crippen LogP contribution is -2.01. The first kappa shape index (κ1) is 14.9. The van der Waals surface area contributed by atoms with Crippen LogP contribution in [0.5, 0.6) is 0 Å². The number of carbonyl (C=O) groups excluding carboxylic acids is 1. The second kappa shape index (κ2) is 5.73. The molecule has 0 atom stereocenters. The molecule has 0 bridgehead atoms. The number of thiazole rings is 1. The third kappa shape index (κ3) is 2.55. The zero-order valence-electron chi connectivity index (χ0n) is 12.7. The Morgan fingerprint density at radius 2 is 2.17 bits per heavy atom. The number of ketones is 1. The number of nitrogens with two attached hydrogens (primary N) is 1. The maximum atomic E-state index is 12.6. The summed E-state index contributed by atoms with van der Waals surface area (Å²) in [7, 11) is 0. The van der Waals surface area contributed by atoms with Gasteiger partial charge in [-0.1, -0.05) is 11.3 Å². The smallest absolute Gasteiger partial charge is 0.217 e. The second-order valence-electron chi connectivity index (χ2n) is 5.25. The highest BCUT2D eigenvalue weighted by molar-refractivity contribution is 7.19. The summed E-state index contributed by atoms with van der Waals surface area (Å²) in [6.07, 6.45) is 1.65. The van der Waals surface area contributed by atoms with Crippen molar-refractivity contribution in [1.29, 1.82) is 0 Å². The highest BCUT2D eigenvalue weighted by Gasteiger charge is 2.20. The first-order chi connectivity index (χ1) is 11.6. The van der Waals surface area contributed by atoms with Crippen LogP contribution in [-0.4, -0.2) is 20.7 Å². The molecule has 4 N–H and O–H groups in total. The van der Waals surface area contributed by atoms with Crippen LogP contribution in [0.4, 0.5) is 16.6 Å². The van der Waals surface area contributed by atoms with Crippen molar-refractivity contribution < 1.29 is 4.79 Å². The van der Waals surface area contributed by atoms with Crippen molar-refractivity contribution in [3.05, 3.63) is 51.3 Å². The minimum absolute atomic E-state index is 0.0745. The maximum absolute atomic E-state index is 12.6. The Kier molecular flexibility index (Phi) is 3.55. The molecule has 3 aromatic heterocycles. The van der Waals surface area contributed by atoms with Gasteiger partial charge >= 0.3 is 0 Å². The number of aromatic amines is 1. The molecule has 4 aromatic rings. The maximum Gasteiger partial charge on any atom is 0.217 e. The molecule has 0 aliphatic rings. The molecular formula is C16H13N5OS2. The molecule has 6 nitrogen and oxygen atoms in total. The van der Waals surface area contributed by atoms with E-state index in [2.05, 4.69) is 20.3 Å². The van der Waals surface area contributed by atoms with E-state index in [1.54, 1.807) is 6.33 Å². The molecule has 0 saturated carbocycles. The molecule has 120 valence electrons. The van der Waals surface area contributed by atoms with Gasteiger partial charge in [-0.05, 0) is 42.1 Å². The number of thiophene rings is 1. The summed E-state index contributed by atoms with van der Waals surface area (Å²) in [6.45, 7) is 1.92. The van der Waals surface area contributed by atoms with E-state index in [1.807, 2.05) is 36.6 Å². The molecule has 0 spiro atoms. The first-order valence-electron chi connectivity index (χ1n) is 7.17. The van der Waals surface area contributed by atoms with E-state index in [0.717, 1.165) is 22.3 Å². The third-order valence-electron chi connectivity index (χ3n) is 3.60. The molecular weight excluding hydrogens is 342 g/mol. The predicted molar refractivity (Wildman–Crippen MR) is 98.4 cm³/mol. The number of hydrogen-bond acceptors (Lipinski definition) is 7. The Balaban J connectivity index is 1.63. The van der Waals surface area contributed by atoms with E-state index in [4.69, 9.17) is 5.73 Å². The molecule has 0 unspecified atom stereocenters. The van der Waals surface area contributed by atoms with Gasteiger partial charge in [0.1, 0.15) is 10.7 Å². The van der Waals surface area contributed by atoms with Crippen molar-refractivity contribution in [3.8, 4) is 0 Å². The number of rotatable bonds is 4. The number of nitrogens with one attached hydrogen (secondary N) is 2. The zero-order valence-corrected chi connectivity index (χ0v) is 14.3. The number of fused-ring (bicyclic) bond motifs is 1. The van der Waals surface area contributed by atoms with E-state index >= 15 is 0 Å². The number of anilines is 3. The summed E-state index contributed by atoms with van der Waals surface area (Å²) in [5.74, 6) is 0.178. The number of aryl methyl sites for hydroxylation is 1. The molecule has 0 saturated heterocycles. The lowest BCUT2D eigenvalue weighted by Gasteiger charge is -2.01. The normalized spacial score (nSPS) is 11.0. The van der Waals surface area contributed by atoms with Crippen molar-refractivity contribution in [3.63, 3.8) is 0 Å². The van der Waals surface area contributed by atoms with Gasteiger partial charge in [-0.25, -0.2) is 9.97 Å². The van der Waals surface area contributed by atoms with Crippen LogP contribution in [0.15, 0.2) is 36.0 Å². The van der Waals surface area contributed by atoms with Gasteiger partial charge in [-0.3, -0.25) is 4.79 Å². The topological polar surface area (TPSA) is 96.7 Å². The van der Waals surface area contributed by atoms with Crippen molar-refractivity contribution in [2.45, 2.75) is 6.92 Å². The van der Waals surface area contributed by atoms with Crippen molar-refractivity contribution >= 4 is 56.1 Å². The minimum atomic E-state index is -0.0745. The van der Waals surface area contributed by atoms with Crippen molar-refractivity contribution in [2.24, 2.45) is 0 Å². The zero-order chi connectivity index (χ0) is 16.7. The molecule has 0 radical (unpaired) electrons. The van der Waals surface area contributed by atoms with E-state index in [0.29, 0.717) is 14.9 Å². The molecule has 3 heterocycles. The van der Waals surface area contributed by atoms with Gasteiger partial charge < -0.3 is 16.0 Å². The van der Waals surface area contributed by atoms with Gasteiger partial charge in [0.15, 0.2) is 5.13 Å². The van der Waals surface area contributed by atoms with E-state index in [1.165, 1.54) is 22.7 Å². The number of hydrogen-bond donors (Lipinski definition) is 3. The van der Waals surface area contributed by atoms with Crippen molar-refractivity contribution in [2.75, 3.05) is 11.1 Å². The number of benzene rings is 1. The molecule has 0 aliphatic carbocycles. The number of imidazole rings is 1. The van der Waals surface area contributed by atoms with Gasteiger partial charge in [-0.2, -0.15) is 0 Å². The monoisotopic (exact) mass is 355 g/mol. The third-order valence-corrected chi connectivity index (χ3v) is 5.60. The van der Waals surface area contributed by atoms with Gasteiger partial charge in [0.25, 0.3) is 0 Å². The average Bonchev–Trinajstić information content (AvgIpc) is 3.26. The average molecular weight is 355 g/mol. The first-order valence-corrected chi connectivity index (χ1v) is 8.86. The number of H-pyrrole nitrogens is 1. The summed E-state index contributed by atoms with van der Waals surface area (Å²) >= 11 is 2.68. The standard InChI is InChI=1S/C16H13N5OS2/c1-8-4-5-23-13(8)12(22)14-15(17)21-16(24-14)20-9-2-3-10-11(6-9)19-7-18-10/h2-7H,17H2,1H3,(H,18,19)(H,20,21). The number of carbonyl (C=O) groups is 1. The second-order valence-corrected chi connectivity index (χ2v) is 7.17. The Labute approximate surface area is 145 Å². The van der Waals surface area contributed by atoms with Crippen LogP contribution in [-0.2, 0) is 0 Å². The molecule has 0 fully saturated rings. The molecule has 0 amide bonds. The number of nitrogen functional groups attached to an aromatic ring is 1. The fourth-order valence-electron chi connectivity index (χ4n) is 2.39. The SMILES string of the molecule is Cc1ccsc1C(=O)c1sc(Nc2ccc3nc[nH]c3c2)nc1N. The van der Waals surface area contributed by atoms with Crippen LogP contribution >= 0.6 is 22.7 Å². The Morgan fingerprint density at radius 3 is 2.96 bits per heavy atom. The summed E-state index contributed by atoms with van der Waals surface area (Å²) in [4.78, 5) is 25.3. The summed E-state index contributed by atoms with van der Waals surface area (Å²) in [6, 6.07) is 7.68. The van der Waals surface area contributed by atoms with E-state index in [-0.39, 0.29) is 11.6 Å². The molecule has 24 heavy (non-hydrogen) atoms. The quantitative estimate of drug-likeness (QED) is 0.482. The fraction of sp³-hybridized carbons (Fsp3) is 0.0625. The molecule has 0 aliphatic heterocycles. The fourth-order valence-corrected chi connectivity index (χ4v) is 4.18. The van der Waals surface area contributed by atoms with Gasteiger partial charge in [0.2, 0.25) is 5.78 Å². The predicted octanol–water partition coefficient (Wildman–Crippen LogP) is 3.95. The summed E-state index contributed by atoms with van der Waals surface area (Å²) in [5, 5.41) is 5.68. The lowest BCUT2D eigenvalue weighted by atomic mass is 10.2. The van der Waals surface area contributed by atoms with Crippen LogP contribution in [0, 0.1) is 6.92 Å². The number of nitrogens with zero attached hydrogens (tertiary/aromatic N) is 2. The van der Waals surface area contributed by atoms with Gasteiger partial charge in [-0.15, -0.1) is 11.3 Å². The Bertz CT molecular complexity index is 1050. The highest BCUT2D eigenvalue weighted by Crippen LogP contribution is 2.32. The van der Waals surface area contributed by atoms with Crippen LogP contribution in [0.3, 0.4) is 0 Å². The lowest BCUT2D eigenvalue weighted by molar-refractivity contribution is 0.104. The summed E-state index contributed by atoms with van der Waals surface area (Å²) < 4.78 is 0. The Hall–Kier alpha value is -2.71. The summed E-state index contributed by atoms with van der Waals surface area (Å²) in [5.41, 5.74) is 9.58. The number of aromatic nitrogens is 3. The minimum Gasteiger partial charge on any atom is -0.382 e. The molecule has 8 heteroatoms. The van der Waals surface area contributed by atoms with Crippen LogP contribution in [0.1, 0.15) is 20.1 Å². The Morgan fingerprint density at radius 1 is 1.29 bits per heavy atom. The van der Waals surface area contributed by atoms with E-state index in [9.17, 15) is 4.79 Å². The largest absolute Gasteiger partial charge is 0.382 e. The van der Waals surface area contributed by atoms with Crippen LogP contribution in [0.2, 0.25) is 0 Å².